The normalized spacial score (nSPS) is 14.0. The van der Waals surface area contributed by atoms with Crippen molar-refractivity contribution in [3.63, 3.8) is 0 Å². The van der Waals surface area contributed by atoms with Gasteiger partial charge in [0.25, 0.3) is 5.95 Å². The fourth-order valence-electron chi connectivity index (χ4n) is 3.00. The molecule has 148 valence electrons. The maximum atomic E-state index is 13.2. The van der Waals surface area contributed by atoms with Crippen LogP contribution >= 0.6 is 0 Å². The number of rotatable bonds is 7. The van der Waals surface area contributed by atoms with Gasteiger partial charge in [-0.15, -0.1) is 0 Å². The third kappa shape index (κ3) is 3.87. The van der Waals surface area contributed by atoms with E-state index < -0.39 is 0 Å². The zero-order valence-corrected chi connectivity index (χ0v) is 16.2. The summed E-state index contributed by atoms with van der Waals surface area (Å²) >= 11 is 0. The summed E-state index contributed by atoms with van der Waals surface area (Å²) in [6.07, 6.45) is 1.44. The Morgan fingerprint density at radius 1 is 1.00 bits per heavy atom. The van der Waals surface area contributed by atoms with Crippen LogP contribution in [-0.2, 0) is 6.54 Å². The standard InChI is InChI=1S/C21H20FN5O2/c1-3-28-17-10-7-15(11-18(17)29-4-2)19-20(27-21(26-19)24-13-25-27)23-12-14-5-8-16(22)9-6-14/h5-11,13H,3-4,12H2,1-2H3. The Hall–Kier alpha value is -3.55. The Morgan fingerprint density at radius 2 is 1.76 bits per heavy atom. The zero-order valence-electron chi connectivity index (χ0n) is 16.2. The van der Waals surface area contributed by atoms with Gasteiger partial charge in [0.2, 0.25) is 0 Å². The highest BCUT2D eigenvalue weighted by atomic mass is 19.1. The molecule has 0 aliphatic carbocycles. The van der Waals surface area contributed by atoms with Crippen molar-refractivity contribution in [2.75, 3.05) is 13.2 Å². The fourth-order valence-corrected chi connectivity index (χ4v) is 3.00. The van der Waals surface area contributed by atoms with Gasteiger partial charge in [0, 0.05) is 5.56 Å². The molecule has 1 aromatic heterocycles. The lowest BCUT2D eigenvalue weighted by molar-refractivity contribution is 0.288. The second-order valence-corrected chi connectivity index (χ2v) is 6.23. The monoisotopic (exact) mass is 393 g/mol. The molecule has 2 heterocycles. The molecule has 0 fully saturated rings. The highest BCUT2D eigenvalue weighted by molar-refractivity contribution is 6.50. The summed E-state index contributed by atoms with van der Waals surface area (Å²) in [7, 11) is 0. The fraction of sp³-hybridized carbons (Fsp3) is 0.238. The maximum Gasteiger partial charge on any atom is 0.254 e. The van der Waals surface area contributed by atoms with Crippen LogP contribution < -0.4 is 9.47 Å². The molecule has 0 amide bonds. The summed E-state index contributed by atoms with van der Waals surface area (Å²) in [6, 6.07) is 11.9. The summed E-state index contributed by atoms with van der Waals surface area (Å²) in [5, 5.41) is 4.23. The van der Waals surface area contributed by atoms with Gasteiger partial charge in [0.1, 0.15) is 17.9 Å². The van der Waals surface area contributed by atoms with Crippen LogP contribution in [0.25, 0.3) is 0 Å². The first-order valence-corrected chi connectivity index (χ1v) is 9.38. The Bertz CT molecular complexity index is 1070. The Labute approximate surface area is 167 Å². The number of nitrogens with zero attached hydrogens (tertiary/aromatic N) is 5. The quantitative estimate of drug-likeness (QED) is 0.612. The molecule has 0 saturated heterocycles. The first-order chi connectivity index (χ1) is 14.2. The molecule has 8 heteroatoms. The molecular weight excluding hydrogens is 373 g/mol. The van der Waals surface area contributed by atoms with E-state index >= 15 is 0 Å². The number of ether oxygens (including phenoxy) is 2. The molecular formula is C21H20FN5O2. The van der Waals surface area contributed by atoms with E-state index in [0.717, 1.165) is 11.1 Å². The van der Waals surface area contributed by atoms with Crippen molar-refractivity contribution in [2.45, 2.75) is 20.4 Å². The number of hydrogen-bond acceptors (Lipinski definition) is 6. The van der Waals surface area contributed by atoms with Crippen LogP contribution in [0.5, 0.6) is 11.5 Å². The van der Waals surface area contributed by atoms with Crippen LogP contribution in [0.15, 0.2) is 58.8 Å². The molecule has 0 radical (unpaired) electrons. The van der Waals surface area contributed by atoms with Crippen LogP contribution in [-0.4, -0.2) is 39.5 Å². The maximum absolute atomic E-state index is 13.2. The van der Waals surface area contributed by atoms with Crippen molar-refractivity contribution < 1.29 is 13.9 Å². The Balaban J connectivity index is 1.70. The lowest BCUT2D eigenvalue weighted by Gasteiger charge is -2.12. The van der Waals surface area contributed by atoms with E-state index in [9.17, 15) is 4.39 Å². The predicted molar refractivity (Wildman–Crippen MR) is 108 cm³/mol. The summed E-state index contributed by atoms with van der Waals surface area (Å²) in [5.41, 5.74) is 2.35. The van der Waals surface area contributed by atoms with E-state index in [1.54, 1.807) is 16.8 Å². The first-order valence-electron chi connectivity index (χ1n) is 9.38. The lowest BCUT2D eigenvalue weighted by Crippen LogP contribution is -2.20. The van der Waals surface area contributed by atoms with E-state index in [1.807, 2.05) is 32.0 Å². The van der Waals surface area contributed by atoms with Crippen LogP contribution in [0.3, 0.4) is 0 Å². The van der Waals surface area contributed by atoms with Crippen LogP contribution in [0.4, 0.5) is 10.3 Å². The number of aromatic nitrogens is 3. The van der Waals surface area contributed by atoms with Crippen LogP contribution in [0.1, 0.15) is 25.0 Å². The van der Waals surface area contributed by atoms with Crippen molar-refractivity contribution in [1.29, 1.82) is 0 Å². The highest BCUT2D eigenvalue weighted by Gasteiger charge is 2.26. The van der Waals surface area contributed by atoms with Gasteiger partial charge in [-0.25, -0.2) is 9.38 Å². The number of hydrogen-bond donors (Lipinski definition) is 0. The van der Waals surface area contributed by atoms with Gasteiger partial charge < -0.3 is 9.47 Å². The third-order valence-electron chi connectivity index (χ3n) is 4.30. The Kier molecular flexibility index (Phi) is 5.33. The van der Waals surface area contributed by atoms with Crippen LogP contribution in [0.2, 0.25) is 0 Å². The molecule has 0 N–H and O–H groups in total. The summed E-state index contributed by atoms with van der Waals surface area (Å²) in [4.78, 5) is 13.4. The third-order valence-corrected chi connectivity index (χ3v) is 4.30. The topological polar surface area (TPSA) is 73.9 Å². The van der Waals surface area contributed by atoms with E-state index in [4.69, 9.17) is 9.47 Å². The smallest absolute Gasteiger partial charge is 0.254 e. The average Bonchev–Trinajstić information content (AvgIpc) is 3.31. The molecule has 3 aromatic rings. The molecule has 1 aliphatic rings. The Morgan fingerprint density at radius 3 is 2.52 bits per heavy atom. The molecule has 0 spiro atoms. The van der Waals surface area contributed by atoms with E-state index in [2.05, 4.69) is 20.1 Å². The predicted octanol–water partition coefficient (Wildman–Crippen LogP) is 3.80. The molecule has 0 atom stereocenters. The summed E-state index contributed by atoms with van der Waals surface area (Å²) in [5.74, 6) is 2.08. The second kappa shape index (κ2) is 8.22. The lowest BCUT2D eigenvalue weighted by atomic mass is 10.1. The average molecular weight is 393 g/mol. The SMILES string of the molecule is CCOc1ccc(C2=Nc3ncnn3C2=NCc2ccc(F)cc2)cc1OCC. The van der Waals surface area contributed by atoms with Gasteiger partial charge in [0.15, 0.2) is 17.3 Å². The van der Waals surface area contributed by atoms with Crippen molar-refractivity contribution in [2.24, 2.45) is 9.98 Å². The molecule has 4 rings (SSSR count). The second-order valence-electron chi connectivity index (χ2n) is 6.23. The van der Waals surface area contributed by atoms with Crippen molar-refractivity contribution in [1.82, 2.24) is 14.8 Å². The van der Waals surface area contributed by atoms with Gasteiger partial charge in [-0.3, -0.25) is 4.99 Å². The summed E-state index contributed by atoms with van der Waals surface area (Å²) < 4.78 is 26.1. The van der Waals surface area contributed by atoms with Gasteiger partial charge in [-0.1, -0.05) is 12.1 Å². The van der Waals surface area contributed by atoms with Crippen LogP contribution in [0, 0.1) is 5.82 Å². The molecule has 2 aromatic carbocycles. The molecule has 29 heavy (non-hydrogen) atoms. The minimum atomic E-state index is -0.277. The number of fused-ring (bicyclic) bond motifs is 1. The largest absolute Gasteiger partial charge is 0.490 e. The minimum Gasteiger partial charge on any atom is -0.490 e. The summed E-state index contributed by atoms with van der Waals surface area (Å²) in [6.45, 7) is 5.28. The van der Waals surface area contributed by atoms with Crippen molar-refractivity contribution in [3.05, 3.63) is 65.7 Å². The highest BCUT2D eigenvalue weighted by Crippen LogP contribution is 2.30. The number of benzene rings is 2. The number of halogens is 1. The van der Waals surface area contributed by atoms with E-state index in [1.165, 1.54) is 18.5 Å². The molecule has 7 nitrogen and oxygen atoms in total. The van der Waals surface area contributed by atoms with E-state index in [0.29, 0.717) is 48.8 Å². The molecule has 1 aliphatic heterocycles. The van der Waals surface area contributed by atoms with Gasteiger partial charge >= 0.3 is 0 Å². The molecule has 0 unspecified atom stereocenters. The zero-order chi connectivity index (χ0) is 20.2. The van der Waals surface area contributed by atoms with Gasteiger partial charge in [-0.05, 0) is 49.7 Å². The van der Waals surface area contributed by atoms with E-state index in [-0.39, 0.29) is 5.82 Å². The molecule has 0 saturated carbocycles. The van der Waals surface area contributed by atoms with Crippen molar-refractivity contribution >= 4 is 17.5 Å². The number of aliphatic imine (C=N–C) groups is 2. The molecule has 0 bridgehead atoms. The van der Waals surface area contributed by atoms with Gasteiger partial charge in [-0.2, -0.15) is 14.8 Å². The first kappa shape index (κ1) is 18.8. The van der Waals surface area contributed by atoms with Gasteiger partial charge in [0.05, 0.1) is 19.8 Å². The minimum absolute atomic E-state index is 0.277. The van der Waals surface area contributed by atoms with Crippen molar-refractivity contribution in [3.8, 4) is 11.5 Å².